The molecule has 0 unspecified atom stereocenters. The SMILES string of the molecule is CC(C)(Oc1ccc(CCNC[C@H](O)COc2ccc(O)cc2)cc1)P=O. The highest BCUT2D eigenvalue weighted by Crippen LogP contribution is 2.26. The molecular formula is C20H26NO5P. The Morgan fingerprint density at radius 2 is 1.70 bits per heavy atom. The highest BCUT2D eigenvalue weighted by molar-refractivity contribution is 7.25. The highest BCUT2D eigenvalue weighted by atomic mass is 31.1. The fourth-order valence-corrected chi connectivity index (χ4v) is 2.47. The largest absolute Gasteiger partial charge is 0.508 e. The molecular weight excluding hydrogens is 365 g/mol. The van der Waals surface area contributed by atoms with E-state index < -0.39 is 11.4 Å². The Kier molecular flexibility index (Phi) is 8.04. The van der Waals surface area contributed by atoms with Gasteiger partial charge in [0.1, 0.15) is 30.0 Å². The van der Waals surface area contributed by atoms with Gasteiger partial charge in [0.15, 0.2) is 5.34 Å². The molecule has 27 heavy (non-hydrogen) atoms. The van der Waals surface area contributed by atoms with Crippen molar-refractivity contribution in [2.24, 2.45) is 0 Å². The van der Waals surface area contributed by atoms with Gasteiger partial charge in [-0.2, -0.15) is 0 Å². The lowest BCUT2D eigenvalue weighted by atomic mass is 10.1. The summed E-state index contributed by atoms with van der Waals surface area (Å²) in [6.07, 6.45) is 0.192. The second-order valence-electron chi connectivity index (χ2n) is 6.70. The summed E-state index contributed by atoms with van der Waals surface area (Å²) >= 11 is 0. The molecule has 0 heterocycles. The van der Waals surface area contributed by atoms with E-state index in [2.05, 4.69) is 5.32 Å². The lowest BCUT2D eigenvalue weighted by molar-refractivity contribution is 0.106. The van der Waals surface area contributed by atoms with Crippen LogP contribution >= 0.6 is 8.46 Å². The second kappa shape index (κ2) is 10.3. The first kappa shape index (κ1) is 21.2. The van der Waals surface area contributed by atoms with Gasteiger partial charge >= 0.3 is 0 Å². The number of hydrogen-bond donors (Lipinski definition) is 3. The molecule has 3 N–H and O–H groups in total. The zero-order valence-corrected chi connectivity index (χ0v) is 16.5. The summed E-state index contributed by atoms with van der Waals surface area (Å²) in [5.74, 6) is 1.47. The molecule has 0 aliphatic carbocycles. The quantitative estimate of drug-likeness (QED) is 0.402. The number of aliphatic hydroxyl groups is 1. The Bertz CT molecular complexity index is 703. The molecule has 0 aliphatic heterocycles. The molecule has 6 nitrogen and oxygen atoms in total. The highest BCUT2D eigenvalue weighted by Gasteiger charge is 2.19. The van der Waals surface area contributed by atoms with E-state index in [-0.39, 0.29) is 20.8 Å². The fourth-order valence-electron chi connectivity index (χ4n) is 2.33. The maximum atomic E-state index is 11.0. The van der Waals surface area contributed by atoms with Crippen molar-refractivity contribution in [1.82, 2.24) is 5.32 Å². The predicted octanol–water partition coefficient (Wildman–Crippen LogP) is 3.37. The molecule has 0 radical (unpaired) electrons. The molecule has 0 fully saturated rings. The first-order valence-corrected chi connectivity index (χ1v) is 9.62. The minimum Gasteiger partial charge on any atom is -0.508 e. The van der Waals surface area contributed by atoms with E-state index >= 15 is 0 Å². The van der Waals surface area contributed by atoms with Crippen LogP contribution in [0.25, 0.3) is 0 Å². The molecule has 0 saturated carbocycles. The molecule has 2 rings (SSSR count). The Hall–Kier alpha value is -2.14. The van der Waals surface area contributed by atoms with Gasteiger partial charge in [0.05, 0.1) is 0 Å². The van der Waals surface area contributed by atoms with Crippen molar-refractivity contribution in [3.8, 4) is 17.2 Å². The summed E-state index contributed by atoms with van der Waals surface area (Å²) in [5.41, 5.74) is 1.14. The van der Waals surface area contributed by atoms with Crippen LogP contribution in [0.2, 0.25) is 0 Å². The summed E-state index contributed by atoms with van der Waals surface area (Å²) in [4.78, 5) is 0. The summed E-state index contributed by atoms with van der Waals surface area (Å²) in [5, 5.41) is 21.6. The molecule has 0 aromatic heterocycles. The number of hydrogen-bond acceptors (Lipinski definition) is 6. The molecule has 7 heteroatoms. The van der Waals surface area contributed by atoms with Crippen molar-refractivity contribution in [3.05, 3.63) is 54.1 Å². The van der Waals surface area contributed by atoms with E-state index in [0.29, 0.717) is 18.0 Å². The van der Waals surface area contributed by atoms with Crippen molar-refractivity contribution < 1.29 is 24.3 Å². The van der Waals surface area contributed by atoms with Crippen LogP contribution in [-0.2, 0) is 11.0 Å². The maximum Gasteiger partial charge on any atom is 0.203 e. The minimum absolute atomic E-state index is 0.0556. The van der Waals surface area contributed by atoms with Gasteiger partial charge in [0.25, 0.3) is 0 Å². The summed E-state index contributed by atoms with van der Waals surface area (Å²) in [7, 11) is -0.0556. The van der Waals surface area contributed by atoms with Crippen LogP contribution in [0.3, 0.4) is 0 Å². The van der Waals surface area contributed by atoms with E-state index in [1.165, 1.54) is 12.1 Å². The zero-order chi connectivity index (χ0) is 19.7. The molecule has 0 saturated heterocycles. The lowest BCUT2D eigenvalue weighted by Crippen LogP contribution is -2.32. The van der Waals surface area contributed by atoms with Crippen LogP contribution in [0.1, 0.15) is 19.4 Å². The van der Waals surface area contributed by atoms with Crippen molar-refractivity contribution in [2.75, 3.05) is 19.7 Å². The number of nitrogens with one attached hydrogen (secondary N) is 1. The predicted molar refractivity (Wildman–Crippen MR) is 105 cm³/mol. The van der Waals surface area contributed by atoms with Crippen molar-refractivity contribution in [2.45, 2.75) is 31.7 Å². The molecule has 0 spiro atoms. The molecule has 0 bridgehead atoms. The van der Waals surface area contributed by atoms with Crippen LogP contribution in [0.4, 0.5) is 0 Å². The van der Waals surface area contributed by atoms with E-state index in [0.717, 1.165) is 18.5 Å². The third kappa shape index (κ3) is 7.95. The van der Waals surface area contributed by atoms with Gasteiger partial charge in [0.2, 0.25) is 8.46 Å². The van der Waals surface area contributed by atoms with Gasteiger partial charge in [-0.1, -0.05) is 12.1 Å². The average molecular weight is 391 g/mol. The Morgan fingerprint density at radius 3 is 2.33 bits per heavy atom. The van der Waals surface area contributed by atoms with Crippen LogP contribution < -0.4 is 14.8 Å². The summed E-state index contributed by atoms with van der Waals surface area (Å²) in [6.45, 7) is 4.85. The molecule has 1 atom stereocenters. The molecule has 0 aliphatic rings. The molecule has 2 aromatic carbocycles. The molecule has 2 aromatic rings. The van der Waals surface area contributed by atoms with E-state index in [4.69, 9.17) is 9.47 Å². The minimum atomic E-state index is -0.735. The maximum absolute atomic E-state index is 11.0. The van der Waals surface area contributed by atoms with Gasteiger partial charge in [-0.05, 0) is 68.8 Å². The lowest BCUT2D eigenvalue weighted by Gasteiger charge is -2.18. The number of phenolic OH excluding ortho intramolecular Hbond substituents is 1. The zero-order valence-electron chi connectivity index (χ0n) is 15.6. The van der Waals surface area contributed by atoms with Crippen LogP contribution in [0.5, 0.6) is 17.2 Å². The smallest absolute Gasteiger partial charge is 0.203 e. The Balaban J connectivity index is 1.64. The van der Waals surface area contributed by atoms with Crippen molar-refractivity contribution >= 4 is 8.46 Å². The van der Waals surface area contributed by atoms with Gasteiger partial charge in [-0.3, -0.25) is 4.57 Å². The number of rotatable bonds is 11. The molecule has 146 valence electrons. The first-order valence-electron chi connectivity index (χ1n) is 8.81. The van der Waals surface area contributed by atoms with E-state index in [1.807, 2.05) is 24.3 Å². The average Bonchev–Trinajstić information content (AvgIpc) is 2.66. The van der Waals surface area contributed by atoms with Gasteiger partial charge < -0.3 is 25.0 Å². The van der Waals surface area contributed by atoms with Crippen LogP contribution in [0.15, 0.2) is 48.5 Å². The third-order valence-electron chi connectivity index (χ3n) is 3.76. The number of aromatic hydroxyl groups is 1. The van der Waals surface area contributed by atoms with Crippen molar-refractivity contribution in [3.63, 3.8) is 0 Å². The monoisotopic (exact) mass is 391 g/mol. The van der Waals surface area contributed by atoms with Crippen LogP contribution in [-0.4, -0.2) is 41.4 Å². The van der Waals surface area contributed by atoms with Crippen molar-refractivity contribution in [1.29, 1.82) is 0 Å². The summed E-state index contributed by atoms with van der Waals surface area (Å²) in [6, 6.07) is 14.1. The number of ether oxygens (including phenoxy) is 2. The van der Waals surface area contributed by atoms with Gasteiger partial charge in [0, 0.05) is 6.54 Å². The van der Waals surface area contributed by atoms with Crippen LogP contribution in [0, 0.1) is 0 Å². The normalized spacial score (nSPS) is 12.7. The number of phenols is 1. The second-order valence-corrected chi connectivity index (χ2v) is 7.96. The first-order chi connectivity index (χ1) is 12.9. The van der Waals surface area contributed by atoms with E-state index in [9.17, 15) is 14.8 Å². The number of aliphatic hydroxyl groups excluding tert-OH is 1. The molecule has 0 amide bonds. The summed E-state index contributed by atoms with van der Waals surface area (Å²) < 4.78 is 22.1. The van der Waals surface area contributed by atoms with E-state index in [1.54, 1.807) is 26.0 Å². The Labute approximate surface area is 161 Å². The van der Waals surface area contributed by atoms with Gasteiger partial charge in [-0.15, -0.1) is 0 Å². The third-order valence-corrected chi connectivity index (χ3v) is 4.29. The Morgan fingerprint density at radius 1 is 1.07 bits per heavy atom. The number of benzene rings is 2. The fraction of sp³-hybridized carbons (Fsp3) is 0.400. The standard InChI is InChI=1S/C20H26NO5P/c1-20(2,27-24)26-19-7-3-15(4-8-19)11-12-21-13-17(23)14-25-18-9-5-16(22)6-10-18/h3-10,17,21-23H,11-14H2,1-2H3/t17-/m0/s1. The van der Waals surface area contributed by atoms with Gasteiger partial charge in [-0.25, -0.2) is 0 Å². The topological polar surface area (TPSA) is 88.0 Å².